The summed E-state index contributed by atoms with van der Waals surface area (Å²) in [5.41, 5.74) is 4.73. The van der Waals surface area contributed by atoms with Crippen molar-refractivity contribution in [3.63, 3.8) is 0 Å². The number of hydrogen-bond donors (Lipinski definition) is 2. The van der Waals surface area contributed by atoms with Gasteiger partial charge in [0.1, 0.15) is 11.9 Å². The second-order valence-corrected chi connectivity index (χ2v) is 8.13. The highest BCUT2D eigenvalue weighted by Gasteiger charge is 2.33. The summed E-state index contributed by atoms with van der Waals surface area (Å²) in [5, 5.41) is 17.2. The Morgan fingerprint density at radius 1 is 1.10 bits per heavy atom. The molecule has 0 bridgehead atoms. The van der Waals surface area contributed by atoms with Crippen LogP contribution in [-0.2, 0) is 13.1 Å². The van der Waals surface area contributed by atoms with Gasteiger partial charge in [-0.3, -0.25) is 9.89 Å². The van der Waals surface area contributed by atoms with E-state index < -0.39 is 6.10 Å². The van der Waals surface area contributed by atoms with Gasteiger partial charge in [-0.1, -0.05) is 42.8 Å². The lowest BCUT2D eigenvalue weighted by molar-refractivity contribution is 0.00636. The van der Waals surface area contributed by atoms with Crippen molar-refractivity contribution in [2.24, 2.45) is 0 Å². The SMILES string of the molecule is O=C1c2c(cccc2O[C@@H]2CCCC[C@H]2O)CN1Cc1ccc(-c2ccn[nH]2)cc1. The Morgan fingerprint density at radius 3 is 2.70 bits per heavy atom. The van der Waals surface area contributed by atoms with E-state index in [-0.39, 0.29) is 12.0 Å². The molecule has 2 atom stereocenters. The lowest BCUT2D eigenvalue weighted by Crippen LogP contribution is -2.35. The Bertz CT molecular complexity index is 1030. The lowest BCUT2D eigenvalue weighted by atomic mass is 9.94. The molecule has 1 amide bonds. The zero-order chi connectivity index (χ0) is 20.5. The number of nitrogens with zero attached hydrogens (tertiary/aromatic N) is 2. The van der Waals surface area contributed by atoms with Crippen LogP contribution >= 0.6 is 0 Å². The number of carbonyl (C=O) groups is 1. The van der Waals surface area contributed by atoms with Crippen molar-refractivity contribution in [3.8, 4) is 17.0 Å². The maximum atomic E-state index is 13.2. The summed E-state index contributed by atoms with van der Waals surface area (Å²) in [7, 11) is 0. The molecule has 0 radical (unpaired) electrons. The predicted molar refractivity (Wildman–Crippen MR) is 113 cm³/mol. The van der Waals surface area contributed by atoms with Gasteiger partial charge in [-0.15, -0.1) is 0 Å². The number of nitrogens with one attached hydrogen (secondary N) is 1. The third-order valence-corrected chi connectivity index (χ3v) is 6.06. The summed E-state index contributed by atoms with van der Waals surface area (Å²) >= 11 is 0. The average molecular weight is 403 g/mol. The van der Waals surface area contributed by atoms with Gasteiger partial charge in [0.2, 0.25) is 0 Å². The molecule has 1 fully saturated rings. The number of hydrogen-bond acceptors (Lipinski definition) is 4. The molecule has 1 saturated carbocycles. The van der Waals surface area contributed by atoms with Crippen LogP contribution < -0.4 is 4.74 Å². The summed E-state index contributed by atoms with van der Waals surface area (Å²) in [5.74, 6) is 0.587. The fraction of sp³-hybridized carbons (Fsp3) is 0.333. The van der Waals surface area contributed by atoms with E-state index in [0.717, 1.165) is 48.1 Å². The van der Waals surface area contributed by atoms with E-state index in [1.165, 1.54) is 0 Å². The minimum absolute atomic E-state index is 0.0106. The highest BCUT2D eigenvalue weighted by molar-refractivity contribution is 6.01. The molecule has 30 heavy (non-hydrogen) atoms. The number of carbonyl (C=O) groups excluding carboxylic acids is 1. The first-order chi connectivity index (χ1) is 14.7. The Morgan fingerprint density at radius 2 is 1.93 bits per heavy atom. The molecule has 2 heterocycles. The molecule has 0 spiro atoms. The maximum absolute atomic E-state index is 13.2. The van der Waals surface area contributed by atoms with Crippen LogP contribution in [0.3, 0.4) is 0 Å². The Labute approximate surface area is 175 Å². The molecule has 6 nitrogen and oxygen atoms in total. The molecule has 1 aliphatic carbocycles. The molecular formula is C24H25N3O3. The standard InChI is InChI=1S/C24H25N3O3/c28-20-5-1-2-6-21(20)30-22-7-3-4-18-15-27(24(29)23(18)22)14-16-8-10-17(11-9-16)19-12-13-25-26-19/h3-4,7-13,20-21,28H,1-2,5-6,14-15H2,(H,25,26)/t20-,21-/m1/s1. The van der Waals surface area contributed by atoms with E-state index in [2.05, 4.69) is 10.2 Å². The van der Waals surface area contributed by atoms with Crippen molar-refractivity contribution >= 4 is 5.91 Å². The number of aliphatic hydroxyl groups excluding tert-OH is 1. The Balaban J connectivity index is 1.31. The van der Waals surface area contributed by atoms with E-state index in [9.17, 15) is 9.90 Å². The van der Waals surface area contributed by atoms with Gasteiger partial charge < -0.3 is 14.7 Å². The second kappa shape index (κ2) is 7.95. The largest absolute Gasteiger partial charge is 0.487 e. The quantitative estimate of drug-likeness (QED) is 0.677. The third kappa shape index (κ3) is 3.59. The highest BCUT2D eigenvalue weighted by atomic mass is 16.5. The highest BCUT2D eigenvalue weighted by Crippen LogP contribution is 2.34. The molecule has 2 aromatic carbocycles. The predicted octanol–water partition coefficient (Wildman–Crippen LogP) is 3.92. The van der Waals surface area contributed by atoms with E-state index >= 15 is 0 Å². The van der Waals surface area contributed by atoms with Gasteiger partial charge in [0, 0.05) is 19.3 Å². The van der Waals surface area contributed by atoms with Crippen LogP contribution in [0.5, 0.6) is 5.75 Å². The molecule has 1 aliphatic heterocycles. The van der Waals surface area contributed by atoms with Crippen molar-refractivity contribution < 1.29 is 14.6 Å². The number of aromatic nitrogens is 2. The zero-order valence-corrected chi connectivity index (χ0v) is 16.8. The fourth-order valence-corrected chi connectivity index (χ4v) is 4.42. The van der Waals surface area contributed by atoms with Crippen molar-refractivity contribution in [1.29, 1.82) is 0 Å². The molecule has 5 rings (SSSR count). The summed E-state index contributed by atoms with van der Waals surface area (Å²) in [6.45, 7) is 1.11. The van der Waals surface area contributed by atoms with Crippen LogP contribution in [0.25, 0.3) is 11.3 Å². The normalized spacial score (nSPS) is 21.0. The van der Waals surface area contributed by atoms with Crippen LogP contribution in [0.1, 0.15) is 47.2 Å². The molecule has 3 aromatic rings. The smallest absolute Gasteiger partial charge is 0.258 e. The van der Waals surface area contributed by atoms with E-state index in [4.69, 9.17) is 4.74 Å². The average Bonchev–Trinajstić information content (AvgIpc) is 3.40. The first kappa shape index (κ1) is 18.9. The van der Waals surface area contributed by atoms with Crippen LogP contribution in [0.4, 0.5) is 0 Å². The van der Waals surface area contributed by atoms with E-state index in [1.54, 1.807) is 6.20 Å². The molecule has 2 aliphatic rings. The number of fused-ring (bicyclic) bond motifs is 1. The third-order valence-electron chi connectivity index (χ3n) is 6.06. The van der Waals surface area contributed by atoms with Crippen LogP contribution in [0.15, 0.2) is 54.7 Å². The first-order valence-corrected chi connectivity index (χ1v) is 10.5. The van der Waals surface area contributed by atoms with Gasteiger partial charge in [0.05, 0.1) is 17.4 Å². The second-order valence-electron chi connectivity index (χ2n) is 8.13. The van der Waals surface area contributed by atoms with Crippen LogP contribution in [0.2, 0.25) is 0 Å². The lowest BCUT2D eigenvalue weighted by Gasteiger charge is -2.28. The molecule has 6 heteroatoms. The number of aliphatic hydroxyl groups is 1. The van der Waals surface area contributed by atoms with Crippen LogP contribution in [0, 0.1) is 0 Å². The zero-order valence-electron chi connectivity index (χ0n) is 16.8. The van der Waals surface area contributed by atoms with Crippen molar-refractivity contribution in [3.05, 3.63) is 71.4 Å². The number of rotatable bonds is 5. The number of H-pyrrole nitrogens is 1. The Kier molecular flexibility index (Phi) is 5.01. The number of amides is 1. The van der Waals surface area contributed by atoms with Gasteiger partial charge in [0.15, 0.2) is 0 Å². The Hall–Kier alpha value is -3.12. The molecular weight excluding hydrogens is 378 g/mol. The maximum Gasteiger partial charge on any atom is 0.258 e. The number of benzene rings is 2. The van der Waals surface area contributed by atoms with E-state index in [1.807, 2.05) is 53.4 Å². The number of aromatic amines is 1. The van der Waals surface area contributed by atoms with Gasteiger partial charge >= 0.3 is 0 Å². The van der Waals surface area contributed by atoms with Crippen molar-refractivity contribution in [2.75, 3.05) is 0 Å². The topological polar surface area (TPSA) is 78.5 Å². The van der Waals surface area contributed by atoms with Gasteiger partial charge in [-0.05, 0) is 48.1 Å². The number of ether oxygens (including phenoxy) is 1. The summed E-state index contributed by atoms with van der Waals surface area (Å²) in [4.78, 5) is 15.0. The van der Waals surface area contributed by atoms with Gasteiger partial charge in [-0.2, -0.15) is 5.10 Å². The molecule has 2 N–H and O–H groups in total. The first-order valence-electron chi connectivity index (χ1n) is 10.5. The van der Waals surface area contributed by atoms with E-state index in [0.29, 0.717) is 24.4 Å². The summed E-state index contributed by atoms with van der Waals surface area (Å²) in [6, 6.07) is 15.9. The minimum Gasteiger partial charge on any atom is -0.487 e. The summed E-state index contributed by atoms with van der Waals surface area (Å²) in [6.07, 6.45) is 4.69. The van der Waals surface area contributed by atoms with Gasteiger partial charge in [0.25, 0.3) is 5.91 Å². The monoisotopic (exact) mass is 403 g/mol. The van der Waals surface area contributed by atoms with Gasteiger partial charge in [-0.25, -0.2) is 0 Å². The molecule has 154 valence electrons. The fourth-order valence-electron chi connectivity index (χ4n) is 4.42. The molecule has 0 saturated heterocycles. The minimum atomic E-state index is -0.462. The summed E-state index contributed by atoms with van der Waals surface area (Å²) < 4.78 is 6.13. The van der Waals surface area contributed by atoms with Crippen LogP contribution in [-0.4, -0.2) is 38.3 Å². The van der Waals surface area contributed by atoms with Crippen molar-refractivity contribution in [1.82, 2.24) is 15.1 Å². The molecule has 0 unspecified atom stereocenters. The van der Waals surface area contributed by atoms with Crippen molar-refractivity contribution in [2.45, 2.75) is 51.0 Å². The molecule has 1 aromatic heterocycles.